The van der Waals surface area contributed by atoms with E-state index >= 15 is 0 Å². The van der Waals surface area contributed by atoms with Crippen LogP contribution in [0.2, 0.25) is 0 Å². The molecule has 1 N–H and O–H groups in total. The number of likely N-dealkylation sites (N-methyl/N-ethyl adjacent to an activating group) is 1. The van der Waals surface area contributed by atoms with Gasteiger partial charge >= 0.3 is 0 Å². The van der Waals surface area contributed by atoms with Gasteiger partial charge in [-0.3, -0.25) is 4.90 Å². The van der Waals surface area contributed by atoms with Crippen LogP contribution in [0.3, 0.4) is 0 Å². The number of hydrogen-bond donors (Lipinski definition) is 1. The van der Waals surface area contributed by atoms with E-state index in [1.54, 1.807) is 7.11 Å². The van der Waals surface area contributed by atoms with Crippen molar-refractivity contribution in [2.45, 2.75) is 45.7 Å². The van der Waals surface area contributed by atoms with Crippen molar-refractivity contribution in [2.75, 3.05) is 33.4 Å². The lowest BCUT2D eigenvalue weighted by atomic mass is 10.2. The van der Waals surface area contributed by atoms with Crippen LogP contribution in [0.1, 0.15) is 33.6 Å². The molecule has 1 fully saturated rings. The van der Waals surface area contributed by atoms with Gasteiger partial charge in [0.2, 0.25) is 0 Å². The average molecular weight is 228 g/mol. The minimum Gasteiger partial charge on any atom is -0.383 e. The summed E-state index contributed by atoms with van der Waals surface area (Å²) in [5, 5.41) is 3.62. The Morgan fingerprint density at radius 3 is 2.56 bits per heavy atom. The predicted octanol–water partition coefficient (Wildman–Crippen LogP) is 1.73. The fourth-order valence-corrected chi connectivity index (χ4v) is 2.24. The summed E-state index contributed by atoms with van der Waals surface area (Å²) in [5.74, 6) is 0.950. The zero-order chi connectivity index (χ0) is 12.0. The summed E-state index contributed by atoms with van der Waals surface area (Å²) in [6.45, 7) is 10.9. The fraction of sp³-hybridized carbons (Fsp3) is 1.00. The SMILES string of the molecule is CCN(CCNC(C)C1CC1)C(C)COC. The Labute approximate surface area is 101 Å². The van der Waals surface area contributed by atoms with E-state index in [2.05, 4.69) is 31.0 Å². The first kappa shape index (κ1) is 13.9. The van der Waals surface area contributed by atoms with Crippen molar-refractivity contribution in [3.8, 4) is 0 Å². The fourth-order valence-electron chi connectivity index (χ4n) is 2.24. The van der Waals surface area contributed by atoms with Gasteiger partial charge in [0.05, 0.1) is 6.61 Å². The molecule has 0 amide bonds. The standard InChI is InChI=1S/C13H28N2O/c1-5-15(11(2)10-16-4)9-8-14-12(3)13-6-7-13/h11-14H,5-10H2,1-4H3. The molecule has 0 aliphatic heterocycles. The smallest absolute Gasteiger partial charge is 0.0615 e. The number of ether oxygens (including phenoxy) is 1. The summed E-state index contributed by atoms with van der Waals surface area (Å²) in [4.78, 5) is 2.47. The van der Waals surface area contributed by atoms with Gasteiger partial charge in [0.25, 0.3) is 0 Å². The van der Waals surface area contributed by atoms with Crippen LogP contribution < -0.4 is 5.32 Å². The first-order valence-corrected chi connectivity index (χ1v) is 6.65. The number of methoxy groups -OCH3 is 1. The first-order valence-electron chi connectivity index (χ1n) is 6.65. The molecule has 0 aromatic rings. The second-order valence-corrected chi connectivity index (χ2v) is 5.01. The van der Waals surface area contributed by atoms with E-state index in [0.29, 0.717) is 12.1 Å². The van der Waals surface area contributed by atoms with Gasteiger partial charge in [-0.25, -0.2) is 0 Å². The highest BCUT2D eigenvalue weighted by atomic mass is 16.5. The Balaban J connectivity index is 2.12. The van der Waals surface area contributed by atoms with E-state index in [4.69, 9.17) is 4.74 Å². The monoisotopic (exact) mass is 228 g/mol. The third-order valence-corrected chi connectivity index (χ3v) is 3.63. The molecule has 1 saturated carbocycles. The van der Waals surface area contributed by atoms with Crippen LogP contribution in [0, 0.1) is 5.92 Å². The topological polar surface area (TPSA) is 24.5 Å². The lowest BCUT2D eigenvalue weighted by Crippen LogP contribution is -2.42. The van der Waals surface area contributed by atoms with Gasteiger partial charge in [-0.05, 0) is 39.2 Å². The molecular formula is C13H28N2O. The quantitative estimate of drug-likeness (QED) is 0.650. The van der Waals surface area contributed by atoms with Crippen LogP contribution in [0.15, 0.2) is 0 Å². The minimum absolute atomic E-state index is 0.521. The zero-order valence-electron chi connectivity index (χ0n) is 11.3. The van der Waals surface area contributed by atoms with Gasteiger partial charge in [-0.15, -0.1) is 0 Å². The van der Waals surface area contributed by atoms with Crippen molar-refractivity contribution in [3.63, 3.8) is 0 Å². The van der Waals surface area contributed by atoms with Crippen LogP contribution in [-0.4, -0.2) is 50.3 Å². The summed E-state index contributed by atoms with van der Waals surface area (Å²) in [6, 6.07) is 1.23. The maximum atomic E-state index is 5.20. The summed E-state index contributed by atoms with van der Waals surface area (Å²) >= 11 is 0. The van der Waals surface area contributed by atoms with Crippen molar-refractivity contribution >= 4 is 0 Å². The van der Waals surface area contributed by atoms with Gasteiger partial charge in [0.1, 0.15) is 0 Å². The highest BCUT2D eigenvalue weighted by Gasteiger charge is 2.27. The second kappa shape index (κ2) is 7.25. The van der Waals surface area contributed by atoms with Crippen molar-refractivity contribution in [2.24, 2.45) is 5.92 Å². The van der Waals surface area contributed by atoms with Gasteiger partial charge in [0.15, 0.2) is 0 Å². The highest BCUT2D eigenvalue weighted by Crippen LogP contribution is 2.32. The molecule has 0 bridgehead atoms. The van der Waals surface area contributed by atoms with Crippen LogP contribution in [0.5, 0.6) is 0 Å². The molecule has 1 aliphatic carbocycles. The van der Waals surface area contributed by atoms with Crippen LogP contribution >= 0.6 is 0 Å². The Morgan fingerprint density at radius 1 is 1.38 bits per heavy atom. The summed E-state index contributed by atoms with van der Waals surface area (Å²) in [7, 11) is 1.78. The molecule has 2 atom stereocenters. The Kier molecular flexibility index (Phi) is 6.32. The predicted molar refractivity (Wildman–Crippen MR) is 68.8 cm³/mol. The zero-order valence-corrected chi connectivity index (χ0v) is 11.3. The van der Waals surface area contributed by atoms with Crippen molar-refractivity contribution in [1.82, 2.24) is 10.2 Å². The van der Waals surface area contributed by atoms with E-state index in [0.717, 1.165) is 32.2 Å². The molecule has 16 heavy (non-hydrogen) atoms. The second-order valence-electron chi connectivity index (χ2n) is 5.01. The molecule has 96 valence electrons. The van der Waals surface area contributed by atoms with Gasteiger partial charge in [-0.1, -0.05) is 6.92 Å². The summed E-state index contributed by atoms with van der Waals surface area (Å²) in [6.07, 6.45) is 2.84. The molecule has 2 unspecified atom stereocenters. The van der Waals surface area contributed by atoms with Crippen molar-refractivity contribution in [1.29, 1.82) is 0 Å². The van der Waals surface area contributed by atoms with E-state index in [1.165, 1.54) is 12.8 Å². The molecule has 0 spiro atoms. The van der Waals surface area contributed by atoms with Crippen molar-refractivity contribution < 1.29 is 4.74 Å². The Morgan fingerprint density at radius 2 is 2.06 bits per heavy atom. The number of nitrogens with zero attached hydrogens (tertiary/aromatic N) is 1. The Hall–Kier alpha value is -0.120. The molecule has 3 nitrogen and oxygen atoms in total. The van der Waals surface area contributed by atoms with E-state index in [9.17, 15) is 0 Å². The average Bonchev–Trinajstić information content (AvgIpc) is 3.08. The maximum Gasteiger partial charge on any atom is 0.0615 e. The van der Waals surface area contributed by atoms with Crippen molar-refractivity contribution in [3.05, 3.63) is 0 Å². The molecule has 0 radical (unpaired) electrons. The third-order valence-electron chi connectivity index (χ3n) is 3.63. The summed E-state index contributed by atoms with van der Waals surface area (Å²) < 4.78 is 5.20. The number of rotatable bonds is 9. The minimum atomic E-state index is 0.521. The van der Waals surface area contributed by atoms with Gasteiger partial charge in [0, 0.05) is 32.3 Å². The van der Waals surface area contributed by atoms with E-state index in [-0.39, 0.29) is 0 Å². The third kappa shape index (κ3) is 4.81. The lowest BCUT2D eigenvalue weighted by molar-refractivity contribution is 0.103. The van der Waals surface area contributed by atoms with Gasteiger partial charge in [-0.2, -0.15) is 0 Å². The molecule has 0 heterocycles. The molecule has 3 heteroatoms. The molecule has 0 aromatic carbocycles. The highest BCUT2D eigenvalue weighted by molar-refractivity contribution is 4.83. The van der Waals surface area contributed by atoms with Crippen LogP contribution in [0.4, 0.5) is 0 Å². The molecule has 1 rings (SSSR count). The molecule has 0 saturated heterocycles. The normalized spacial score (nSPS) is 20.1. The summed E-state index contributed by atoms with van der Waals surface area (Å²) in [5.41, 5.74) is 0. The maximum absolute atomic E-state index is 5.20. The lowest BCUT2D eigenvalue weighted by Gasteiger charge is -2.28. The first-order chi connectivity index (χ1) is 7.69. The van der Waals surface area contributed by atoms with Crippen LogP contribution in [0.25, 0.3) is 0 Å². The van der Waals surface area contributed by atoms with E-state index in [1.807, 2.05) is 0 Å². The molecule has 1 aliphatic rings. The number of nitrogens with one attached hydrogen (secondary N) is 1. The number of hydrogen-bond acceptors (Lipinski definition) is 3. The Bertz CT molecular complexity index is 183. The largest absolute Gasteiger partial charge is 0.383 e. The van der Waals surface area contributed by atoms with E-state index < -0.39 is 0 Å². The molecule has 0 aromatic heterocycles. The van der Waals surface area contributed by atoms with Crippen LogP contribution in [-0.2, 0) is 4.74 Å². The molecular weight excluding hydrogens is 200 g/mol. The van der Waals surface area contributed by atoms with Gasteiger partial charge < -0.3 is 10.1 Å².